The number of alkyl halides is 3. The van der Waals surface area contributed by atoms with Crippen molar-refractivity contribution >= 4 is 5.97 Å². The van der Waals surface area contributed by atoms with E-state index in [1.54, 1.807) is 0 Å². The smallest absolute Gasteiger partial charge is 0.396 e. The highest BCUT2D eigenvalue weighted by Crippen LogP contribution is 2.47. The predicted molar refractivity (Wildman–Crippen MR) is 67.1 cm³/mol. The minimum atomic E-state index is -4.76. The average Bonchev–Trinajstić information content (AvgIpc) is 2.42. The molecule has 1 aromatic carbocycles. The number of carboxylic acid groups (broad SMARTS) is 1. The zero-order chi connectivity index (χ0) is 16.2. The van der Waals surface area contributed by atoms with Crippen LogP contribution >= 0.6 is 0 Å². The molecule has 0 aromatic heterocycles. The molecule has 1 N–H and O–H groups in total. The maximum atomic E-state index is 13.2. The highest BCUT2D eigenvalue weighted by Gasteiger charge is 2.45. The van der Waals surface area contributed by atoms with Crippen LogP contribution in [0.5, 0.6) is 17.2 Å². The number of ether oxygens (including phenoxy) is 3. The Hall–Kier alpha value is -2.12. The Kier molecular flexibility index (Phi) is 5.28. The number of hydrogen-bond donors (Lipinski definition) is 1. The van der Waals surface area contributed by atoms with E-state index in [2.05, 4.69) is 0 Å². The van der Waals surface area contributed by atoms with Gasteiger partial charge in [-0.2, -0.15) is 13.2 Å². The minimum absolute atomic E-state index is 0.144. The number of aliphatic carboxylic acids is 1. The van der Waals surface area contributed by atoms with Crippen molar-refractivity contribution in [3.63, 3.8) is 0 Å². The lowest BCUT2D eigenvalue weighted by Gasteiger charge is -2.23. The molecule has 5 nitrogen and oxygen atoms in total. The molecule has 0 aliphatic rings. The third-order valence-electron chi connectivity index (χ3n) is 2.88. The summed E-state index contributed by atoms with van der Waals surface area (Å²) in [4.78, 5) is 10.7. The normalized spacial score (nSPS) is 12.7. The van der Waals surface area contributed by atoms with Crippen LogP contribution < -0.4 is 14.2 Å². The highest BCUT2D eigenvalue weighted by molar-refractivity contribution is 5.69. The molecule has 1 aromatic rings. The number of carbonyl (C=O) groups is 1. The fourth-order valence-electron chi connectivity index (χ4n) is 1.93. The van der Waals surface area contributed by atoms with Gasteiger partial charge < -0.3 is 19.3 Å². The molecular formula is C13H15F3O5. The first kappa shape index (κ1) is 16.9. The van der Waals surface area contributed by atoms with E-state index in [4.69, 9.17) is 19.3 Å². The predicted octanol–water partition coefficient (Wildman–Crippen LogP) is 2.83. The van der Waals surface area contributed by atoms with Crippen molar-refractivity contribution in [1.29, 1.82) is 0 Å². The van der Waals surface area contributed by atoms with Crippen LogP contribution in [0.25, 0.3) is 0 Å². The van der Waals surface area contributed by atoms with E-state index in [-0.39, 0.29) is 22.8 Å². The second kappa shape index (κ2) is 6.55. The van der Waals surface area contributed by atoms with Crippen molar-refractivity contribution in [2.45, 2.75) is 18.5 Å². The van der Waals surface area contributed by atoms with Gasteiger partial charge in [-0.15, -0.1) is 0 Å². The van der Waals surface area contributed by atoms with Crippen molar-refractivity contribution < 1.29 is 37.3 Å². The van der Waals surface area contributed by atoms with Gasteiger partial charge in [0.1, 0.15) is 17.2 Å². The van der Waals surface area contributed by atoms with Crippen molar-refractivity contribution in [2.24, 2.45) is 0 Å². The summed E-state index contributed by atoms with van der Waals surface area (Å²) >= 11 is 0. The number of methoxy groups -OCH3 is 3. The molecule has 0 bridgehead atoms. The Morgan fingerprint density at radius 1 is 1.14 bits per heavy atom. The first-order valence-electron chi connectivity index (χ1n) is 5.83. The molecule has 1 unspecified atom stereocenters. The number of benzene rings is 1. The number of hydrogen-bond acceptors (Lipinski definition) is 4. The summed E-state index contributed by atoms with van der Waals surface area (Å²) in [5.74, 6) is -3.86. The summed E-state index contributed by atoms with van der Waals surface area (Å²) in [6.45, 7) is 0. The van der Waals surface area contributed by atoms with Crippen LogP contribution in [0, 0.1) is 0 Å². The van der Waals surface area contributed by atoms with E-state index in [9.17, 15) is 18.0 Å². The quantitative estimate of drug-likeness (QED) is 0.875. The Morgan fingerprint density at radius 2 is 1.62 bits per heavy atom. The summed E-state index contributed by atoms with van der Waals surface area (Å²) < 4.78 is 54.3. The highest BCUT2D eigenvalue weighted by atomic mass is 19.4. The number of halogens is 3. The second-order valence-corrected chi connectivity index (χ2v) is 4.14. The molecule has 1 atom stereocenters. The Balaban J connectivity index is 3.51. The maximum absolute atomic E-state index is 13.2. The van der Waals surface area contributed by atoms with Gasteiger partial charge in [0.05, 0.1) is 33.7 Å². The Bertz CT molecular complexity index is 488. The fourth-order valence-corrected chi connectivity index (χ4v) is 1.93. The van der Waals surface area contributed by atoms with Gasteiger partial charge in [-0.3, -0.25) is 4.79 Å². The molecule has 0 heterocycles. The average molecular weight is 308 g/mol. The summed E-state index contributed by atoms with van der Waals surface area (Å²) in [5, 5.41) is 8.73. The monoisotopic (exact) mass is 308 g/mol. The topological polar surface area (TPSA) is 65.0 Å². The molecule has 8 heteroatoms. The third kappa shape index (κ3) is 3.93. The van der Waals surface area contributed by atoms with Crippen molar-refractivity contribution in [2.75, 3.05) is 21.3 Å². The van der Waals surface area contributed by atoms with Crippen molar-refractivity contribution in [3.05, 3.63) is 17.7 Å². The zero-order valence-electron chi connectivity index (χ0n) is 11.7. The molecule has 0 radical (unpaired) electrons. The molecule has 0 fully saturated rings. The molecule has 0 saturated carbocycles. The van der Waals surface area contributed by atoms with E-state index in [0.717, 1.165) is 0 Å². The largest absolute Gasteiger partial charge is 0.496 e. The second-order valence-electron chi connectivity index (χ2n) is 4.14. The SMILES string of the molecule is COc1cc(OC)c(C(CC(=O)O)C(F)(F)F)c(OC)c1. The lowest BCUT2D eigenvalue weighted by molar-refractivity contribution is -0.163. The lowest BCUT2D eigenvalue weighted by atomic mass is 9.93. The van der Waals surface area contributed by atoms with Crippen LogP contribution in [0.1, 0.15) is 17.9 Å². The van der Waals surface area contributed by atoms with Crippen LogP contribution in [0.3, 0.4) is 0 Å². The van der Waals surface area contributed by atoms with Crippen molar-refractivity contribution in [1.82, 2.24) is 0 Å². The van der Waals surface area contributed by atoms with Gasteiger partial charge in [0.25, 0.3) is 0 Å². The molecule has 118 valence electrons. The fraction of sp³-hybridized carbons (Fsp3) is 0.462. The van der Waals surface area contributed by atoms with Gasteiger partial charge in [0, 0.05) is 17.7 Å². The van der Waals surface area contributed by atoms with Gasteiger partial charge in [0.2, 0.25) is 0 Å². The lowest BCUT2D eigenvalue weighted by Crippen LogP contribution is -2.24. The van der Waals surface area contributed by atoms with Crippen LogP contribution in [0.2, 0.25) is 0 Å². The summed E-state index contributed by atoms with van der Waals surface area (Å²) in [7, 11) is 3.71. The van der Waals surface area contributed by atoms with Crippen molar-refractivity contribution in [3.8, 4) is 17.2 Å². The number of rotatable bonds is 6. The molecular weight excluding hydrogens is 293 g/mol. The molecule has 0 spiro atoms. The summed E-state index contributed by atoms with van der Waals surface area (Å²) in [6, 6.07) is 2.50. The Morgan fingerprint density at radius 3 is 1.90 bits per heavy atom. The summed E-state index contributed by atoms with van der Waals surface area (Å²) in [5.41, 5.74) is -0.365. The van der Waals surface area contributed by atoms with Gasteiger partial charge in [-0.1, -0.05) is 0 Å². The van der Waals surface area contributed by atoms with Gasteiger partial charge >= 0.3 is 12.1 Å². The molecule has 0 saturated heterocycles. The van der Waals surface area contributed by atoms with Crippen LogP contribution in [0.4, 0.5) is 13.2 Å². The maximum Gasteiger partial charge on any atom is 0.396 e. The van der Waals surface area contributed by atoms with E-state index >= 15 is 0 Å². The van der Waals surface area contributed by atoms with E-state index in [1.165, 1.54) is 33.5 Å². The molecule has 0 aliphatic heterocycles. The van der Waals surface area contributed by atoms with Gasteiger partial charge in [-0.25, -0.2) is 0 Å². The van der Waals surface area contributed by atoms with E-state index in [0.29, 0.717) is 0 Å². The Labute approximate surface area is 119 Å². The zero-order valence-corrected chi connectivity index (χ0v) is 11.7. The van der Waals surface area contributed by atoms with Crippen LogP contribution in [-0.2, 0) is 4.79 Å². The van der Waals surface area contributed by atoms with E-state index in [1.807, 2.05) is 0 Å². The van der Waals surface area contributed by atoms with Gasteiger partial charge in [0.15, 0.2) is 0 Å². The summed E-state index contributed by atoms with van der Waals surface area (Å²) in [6.07, 6.45) is -5.88. The van der Waals surface area contributed by atoms with Gasteiger partial charge in [-0.05, 0) is 0 Å². The first-order chi connectivity index (χ1) is 9.74. The molecule has 0 amide bonds. The molecule has 21 heavy (non-hydrogen) atoms. The third-order valence-corrected chi connectivity index (χ3v) is 2.88. The van der Waals surface area contributed by atoms with Crippen LogP contribution in [-0.4, -0.2) is 38.6 Å². The van der Waals surface area contributed by atoms with E-state index < -0.39 is 24.5 Å². The molecule has 1 rings (SSSR count). The standard InChI is InChI=1S/C13H15F3O5/c1-19-7-4-9(20-2)12(10(5-7)21-3)8(6-11(17)18)13(14,15)16/h4-5,8H,6H2,1-3H3,(H,17,18). The first-order valence-corrected chi connectivity index (χ1v) is 5.83. The minimum Gasteiger partial charge on any atom is -0.496 e. The van der Waals surface area contributed by atoms with Crippen LogP contribution in [0.15, 0.2) is 12.1 Å². The number of carboxylic acids is 1. The molecule has 0 aliphatic carbocycles.